The maximum absolute atomic E-state index is 13.0. The Morgan fingerprint density at radius 3 is 2.44 bits per heavy atom. The van der Waals surface area contributed by atoms with Crippen LogP contribution in [0.3, 0.4) is 0 Å². The Hall–Kier alpha value is -2.27. The number of aromatic amines is 1. The van der Waals surface area contributed by atoms with E-state index < -0.39 is 6.10 Å². The van der Waals surface area contributed by atoms with Crippen LogP contribution in [0.2, 0.25) is 0 Å². The number of aromatic nitrogens is 1. The summed E-state index contributed by atoms with van der Waals surface area (Å²) in [6, 6.07) is 12.0. The first-order valence-corrected chi connectivity index (χ1v) is 8.87. The highest BCUT2D eigenvalue weighted by Crippen LogP contribution is 2.29. The van der Waals surface area contributed by atoms with Crippen molar-refractivity contribution in [2.24, 2.45) is 5.92 Å². The second-order valence-corrected chi connectivity index (χ2v) is 6.95. The third kappa shape index (κ3) is 4.63. The van der Waals surface area contributed by atoms with E-state index in [9.17, 15) is 4.79 Å². The molecule has 1 atom stereocenters. The Bertz CT molecular complexity index is 675. The number of nitrogens with zero attached hydrogens (tertiary/aromatic N) is 2. The predicted octanol–water partition coefficient (Wildman–Crippen LogP) is 3.43. The lowest BCUT2D eigenvalue weighted by molar-refractivity contribution is -0.129. The Labute approximate surface area is 149 Å². The Kier molecular flexibility index (Phi) is 5.43. The quantitative estimate of drug-likeness (QED) is 0.800. The average Bonchev–Trinajstić information content (AvgIpc) is 3.31. The second-order valence-electron chi connectivity index (χ2n) is 6.95. The van der Waals surface area contributed by atoms with Gasteiger partial charge in [-0.1, -0.05) is 0 Å². The lowest BCUT2D eigenvalue weighted by Crippen LogP contribution is -2.39. The van der Waals surface area contributed by atoms with Crippen LogP contribution in [0.25, 0.3) is 0 Å². The third-order valence-electron chi connectivity index (χ3n) is 4.56. The van der Waals surface area contributed by atoms with E-state index in [1.165, 1.54) is 12.8 Å². The first-order valence-electron chi connectivity index (χ1n) is 8.87. The number of hydrogen-bond acceptors (Lipinski definition) is 3. The zero-order valence-electron chi connectivity index (χ0n) is 15.2. The van der Waals surface area contributed by atoms with Crippen molar-refractivity contribution >= 4 is 17.3 Å². The molecule has 1 aliphatic carbocycles. The van der Waals surface area contributed by atoms with Crippen LogP contribution in [-0.4, -0.2) is 37.7 Å². The van der Waals surface area contributed by atoms with Crippen LogP contribution in [0.4, 0.5) is 11.4 Å². The van der Waals surface area contributed by atoms with Crippen molar-refractivity contribution < 1.29 is 9.53 Å². The lowest BCUT2D eigenvalue weighted by atomic mass is 10.2. The molecule has 134 valence electrons. The second kappa shape index (κ2) is 7.74. The van der Waals surface area contributed by atoms with Gasteiger partial charge in [0.25, 0.3) is 5.91 Å². The van der Waals surface area contributed by atoms with Crippen molar-refractivity contribution in [2.45, 2.75) is 32.4 Å². The van der Waals surface area contributed by atoms with Gasteiger partial charge in [-0.3, -0.25) is 4.79 Å². The largest absolute Gasteiger partial charge is 0.378 e. The molecular formula is C20H27N3O2. The summed E-state index contributed by atoms with van der Waals surface area (Å²) in [5.41, 5.74) is 2.99. The van der Waals surface area contributed by atoms with Gasteiger partial charge in [0, 0.05) is 37.4 Å². The summed E-state index contributed by atoms with van der Waals surface area (Å²) in [6.45, 7) is 3.04. The van der Waals surface area contributed by atoms with Crippen molar-refractivity contribution in [2.75, 3.05) is 30.5 Å². The molecule has 0 radical (unpaired) electrons. The predicted molar refractivity (Wildman–Crippen MR) is 101 cm³/mol. The summed E-state index contributed by atoms with van der Waals surface area (Å²) < 4.78 is 5.80. The molecule has 1 amide bonds. The molecule has 1 saturated carbocycles. The molecule has 0 bridgehead atoms. The molecule has 0 unspecified atom stereocenters. The molecule has 1 aromatic carbocycles. The van der Waals surface area contributed by atoms with Crippen LogP contribution in [0.15, 0.2) is 42.6 Å². The van der Waals surface area contributed by atoms with E-state index in [4.69, 9.17) is 4.74 Å². The van der Waals surface area contributed by atoms with Crippen LogP contribution in [-0.2, 0) is 16.1 Å². The highest BCUT2D eigenvalue weighted by atomic mass is 16.5. The molecule has 0 saturated heterocycles. The van der Waals surface area contributed by atoms with Gasteiger partial charge in [-0.25, -0.2) is 0 Å². The van der Waals surface area contributed by atoms with E-state index in [0.717, 1.165) is 17.1 Å². The van der Waals surface area contributed by atoms with Gasteiger partial charge in [0.05, 0.1) is 13.2 Å². The van der Waals surface area contributed by atoms with Crippen molar-refractivity contribution in [1.29, 1.82) is 0 Å². The molecule has 2 aromatic rings. The number of carbonyl (C=O) groups is 1. The summed E-state index contributed by atoms with van der Waals surface area (Å²) in [5.74, 6) is 0.638. The maximum atomic E-state index is 13.0. The zero-order chi connectivity index (χ0) is 17.8. The molecule has 0 aliphatic heterocycles. The molecule has 0 spiro atoms. The van der Waals surface area contributed by atoms with Gasteiger partial charge >= 0.3 is 0 Å². The number of hydrogen-bond donors (Lipinski definition) is 1. The number of benzene rings is 1. The first kappa shape index (κ1) is 17.5. The number of amides is 1. The number of anilines is 2. The summed E-state index contributed by atoms with van der Waals surface area (Å²) >= 11 is 0. The minimum Gasteiger partial charge on any atom is -0.378 e. The molecule has 3 rings (SSSR count). The van der Waals surface area contributed by atoms with Gasteiger partial charge in [0.15, 0.2) is 0 Å². The van der Waals surface area contributed by atoms with Gasteiger partial charge < -0.3 is 19.5 Å². The molecule has 25 heavy (non-hydrogen) atoms. The number of nitrogens with one attached hydrogen (secondary N) is 1. The minimum absolute atomic E-state index is 0.00662. The van der Waals surface area contributed by atoms with Gasteiger partial charge in [-0.15, -0.1) is 0 Å². The van der Waals surface area contributed by atoms with E-state index in [0.29, 0.717) is 19.1 Å². The van der Waals surface area contributed by atoms with E-state index >= 15 is 0 Å². The first-order chi connectivity index (χ1) is 12.0. The normalized spacial score (nSPS) is 15.0. The van der Waals surface area contributed by atoms with Gasteiger partial charge in [-0.2, -0.15) is 0 Å². The minimum atomic E-state index is -0.441. The van der Waals surface area contributed by atoms with Crippen LogP contribution < -0.4 is 9.80 Å². The highest BCUT2D eigenvalue weighted by molar-refractivity contribution is 5.96. The van der Waals surface area contributed by atoms with Gasteiger partial charge in [-0.05, 0) is 62.1 Å². The smallest absolute Gasteiger partial charge is 0.256 e. The number of rotatable bonds is 8. The SMILES string of the molecule is C[C@@H](OCC1CC1)C(=O)N(Cc1ccc[nH]1)c1ccc(N(C)C)cc1. The monoisotopic (exact) mass is 341 g/mol. The molecule has 5 heteroatoms. The van der Waals surface area contributed by atoms with Crippen molar-refractivity contribution in [3.8, 4) is 0 Å². The van der Waals surface area contributed by atoms with Gasteiger partial charge in [0.1, 0.15) is 6.10 Å². The fourth-order valence-electron chi connectivity index (χ4n) is 2.72. The molecule has 1 heterocycles. The standard InChI is InChI=1S/C20H27N3O2/c1-15(25-14-16-6-7-16)20(24)23(13-17-5-4-12-21-17)19-10-8-18(9-11-19)22(2)3/h4-5,8-12,15-16,21H,6-7,13-14H2,1-3H3/t15-/m1/s1. The van der Waals surface area contributed by atoms with Crippen LogP contribution >= 0.6 is 0 Å². The Morgan fingerprint density at radius 2 is 1.88 bits per heavy atom. The number of H-pyrrole nitrogens is 1. The summed E-state index contributed by atoms with van der Waals surface area (Å²) in [6.07, 6.45) is 3.88. The van der Waals surface area contributed by atoms with E-state index in [-0.39, 0.29) is 5.91 Å². The molecule has 5 nitrogen and oxygen atoms in total. The summed E-state index contributed by atoms with van der Waals surface area (Å²) in [4.78, 5) is 20.0. The molecule has 1 N–H and O–H groups in total. The van der Waals surface area contributed by atoms with Crippen molar-refractivity contribution in [1.82, 2.24) is 4.98 Å². The van der Waals surface area contributed by atoms with E-state index in [1.807, 2.05) is 68.5 Å². The van der Waals surface area contributed by atoms with Crippen LogP contribution in [0.5, 0.6) is 0 Å². The molecule has 1 fully saturated rings. The summed E-state index contributed by atoms with van der Waals surface area (Å²) in [5, 5.41) is 0. The maximum Gasteiger partial charge on any atom is 0.256 e. The zero-order valence-corrected chi connectivity index (χ0v) is 15.2. The topological polar surface area (TPSA) is 48.6 Å². The van der Waals surface area contributed by atoms with Gasteiger partial charge in [0.2, 0.25) is 0 Å². The fourth-order valence-corrected chi connectivity index (χ4v) is 2.72. The highest BCUT2D eigenvalue weighted by Gasteiger charge is 2.27. The van der Waals surface area contributed by atoms with Crippen LogP contribution in [0, 0.1) is 5.92 Å². The fraction of sp³-hybridized carbons (Fsp3) is 0.450. The third-order valence-corrected chi connectivity index (χ3v) is 4.56. The average molecular weight is 341 g/mol. The molecule has 1 aliphatic rings. The van der Waals surface area contributed by atoms with Crippen molar-refractivity contribution in [3.05, 3.63) is 48.3 Å². The van der Waals surface area contributed by atoms with E-state index in [1.54, 1.807) is 4.90 Å². The number of carbonyl (C=O) groups excluding carboxylic acids is 1. The Balaban J connectivity index is 1.76. The van der Waals surface area contributed by atoms with Crippen molar-refractivity contribution in [3.63, 3.8) is 0 Å². The molecular weight excluding hydrogens is 314 g/mol. The summed E-state index contributed by atoms with van der Waals surface area (Å²) in [7, 11) is 4.01. The Morgan fingerprint density at radius 1 is 1.20 bits per heavy atom. The van der Waals surface area contributed by atoms with Crippen LogP contribution in [0.1, 0.15) is 25.5 Å². The number of ether oxygens (including phenoxy) is 1. The van der Waals surface area contributed by atoms with E-state index in [2.05, 4.69) is 4.98 Å². The molecule has 1 aromatic heterocycles. The lowest BCUT2D eigenvalue weighted by Gasteiger charge is -2.26.